The quantitative estimate of drug-likeness (QED) is 0.203. The van der Waals surface area contributed by atoms with E-state index in [1.807, 2.05) is 0 Å². The van der Waals surface area contributed by atoms with Crippen LogP contribution in [0.1, 0.15) is 127 Å². The van der Waals surface area contributed by atoms with E-state index < -0.39 is 16.7 Å². The van der Waals surface area contributed by atoms with Crippen LogP contribution in [0.3, 0.4) is 0 Å². The summed E-state index contributed by atoms with van der Waals surface area (Å²) in [6.07, 6.45) is 12.1. The van der Waals surface area contributed by atoms with Gasteiger partial charge in [0.1, 0.15) is 0 Å². The second-order valence-corrected chi connectivity index (χ2v) is 17.7. The predicted molar refractivity (Wildman–Crippen MR) is 167 cm³/mol. The van der Waals surface area contributed by atoms with Gasteiger partial charge in [0.05, 0.1) is 18.4 Å². The molecule has 0 bridgehead atoms. The lowest BCUT2D eigenvalue weighted by atomic mass is 9.33. The molecule has 0 radical (unpaired) electrons. The molecule has 0 saturated heterocycles. The minimum atomic E-state index is -0.577. The molecule has 0 aromatic rings. The highest BCUT2D eigenvalue weighted by molar-refractivity contribution is 6.04. The zero-order valence-electron chi connectivity index (χ0n) is 28.4. The molecule has 0 heterocycles. The van der Waals surface area contributed by atoms with Gasteiger partial charge >= 0.3 is 5.97 Å². The van der Waals surface area contributed by atoms with E-state index in [0.717, 1.165) is 57.8 Å². The summed E-state index contributed by atoms with van der Waals surface area (Å²) in [5.74, 6) is 0.872. The van der Waals surface area contributed by atoms with Crippen LogP contribution in [-0.2, 0) is 19.1 Å². The highest BCUT2D eigenvalue weighted by Gasteiger charge is 2.70. The number of allylic oxidation sites excluding steroid dienone is 2. The van der Waals surface area contributed by atoms with Crippen LogP contribution in [-0.4, -0.2) is 31.3 Å². The summed E-state index contributed by atoms with van der Waals surface area (Å²) < 4.78 is 5.52. The Morgan fingerprint density at radius 2 is 1.62 bits per heavy atom. The molecule has 0 aliphatic heterocycles. The van der Waals surface area contributed by atoms with Gasteiger partial charge in [-0.1, -0.05) is 74.0 Å². The first kappa shape index (κ1) is 31.8. The van der Waals surface area contributed by atoms with E-state index in [2.05, 4.69) is 73.7 Å². The fourth-order valence-corrected chi connectivity index (χ4v) is 11.6. The van der Waals surface area contributed by atoms with Crippen LogP contribution in [0.5, 0.6) is 0 Å². The maximum atomic E-state index is 13.9. The van der Waals surface area contributed by atoms with Crippen LogP contribution in [0.4, 0.5) is 0 Å². The number of amides is 1. The second-order valence-electron chi connectivity index (χ2n) is 17.7. The number of esters is 1. The van der Waals surface area contributed by atoms with E-state index in [1.54, 1.807) is 7.11 Å². The number of carbonyl (C=O) groups is 3. The second kappa shape index (κ2) is 10.2. The molecular formula is C37H59NO4. The normalized spacial score (nSPS) is 43.7. The van der Waals surface area contributed by atoms with Crippen molar-refractivity contribution in [3.05, 3.63) is 11.6 Å². The van der Waals surface area contributed by atoms with Crippen LogP contribution >= 0.6 is 0 Å². The number of nitrogens with one attached hydrogen (secondary N) is 1. The van der Waals surface area contributed by atoms with Gasteiger partial charge in [-0.15, -0.1) is 0 Å². The predicted octanol–water partition coefficient (Wildman–Crippen LogP) is 7.92. The number of carbonyl (C=O) groups excluding carboxylic acids is 3. The standard InChI is InChI=1S/C37H59NO4/c1-23(2)14-20-38-30(40)24-21-34(7)27(33(5,6)29(24)39)13-15-36(9)28(34)12-11-25-26-22-32(3,4)16-18-37(26,31(41)42-10)19-17-35(25,36)8/h11,23-24,26-28H,12-22H2,1-10H3,(H,38,40)/t24?,26?,27?,28?,34-,35+,36+,37-/m0/s1. The number of hydrogen-bond donors (Lipinski definition) is 1. The lowest BCUT2D eigenvalue weighted by Crippen LogP contribution is -2.66. The highest BCUT2D eigenvalue weighted by Crippen LogP contribution is 2.75. The molecule has 5 aliphatic carbocycles. The molecule has 5 aliphatic rings. The Bertz CT molecular complexity index is 1170. The van der Waals surface area contributed by atoms with E-state index in [9.17, 15) is 14.4 Å². The topological polar surface area (TPSA) is 72.5 Å². The third-order valence-electron chi connectivity index (χ3n) is 14.3. The molecule has 1 amide bonds. The van der Waals surface area contributed by atoms with Crippen LogP contribution in [0.25, 0.3) is 0 Å². The Morgan fingerprint density at radius 3 is 2.26 bits per heavy atom. The van der Waals surface area contributed by atoms with Gasteiger partial charge in [-0.25, -0.2) is 0 Å². The molecular weight excluding hydrogens is 522 g/mol. The van der Waals surface area contributed by atoms with Gasteiger partial charge in [0.15, 0.2) is 5.78 Å². The molecule has 1 N–H and O–H groups in total. The van der Waals surface area contributed by atoms with E-state index in [-0.39, 0.29) is 51.2 Å². The third kappa shape index (κ3) is 4.39. The average molecular weight is 582 g/mol. The maximum absolute atomic E-state index is 13.9. The number of Topliss-reactive ketones (excluding diaryl/α,β-unsaturated/α-hetero) is 1. The first-order valence-corrected chi connectivity index (χ1v) is 17.0. The summed E-state index contributed by atoms with van der Waals surface area (Å²) in [6, 6.07) is 0. The molecule has 0 aromatic heterocycles. The summed E-state index contributed by atoms with van der Waals surface area (Å²) in [6.45, 7) is 21.4. The molecule has 5 heteroatoms. The number of ketones is 1. The van der Waals surface area contributed by atoms with Crippen molar-refractivity contribution in [2.45, 2.75) is 127 Å². The minimum absolute atomic E-state index is 0.00670. The Labute approximate surface area is 255 Å². The number of hydrogen-bond acceptors (Lipinski definition) is 4. The van der Waals surface area contributed by atoms with E-state index >= 15 is 0 Å². The minimum Gasteiger partial charge on any atom is -0.469 e. The third-order valence-corrected chi connectivity index (χ3v) is 14.3. The average Bonchev–Trinajstić information content (AvgIpc) is 2.90. The Hall–Kier alpha value is -1.65. The molecule has 4 fully saturated rings. The Kier molecular flexibility index (Phi) is 7.71. The van der Waals surface area contributed by atoms with Gasteiger partial charge < -0.3 is 10.1 Å². The lowest BCUT2D eigenvalue weighted by Gasteiger charge is -2.71. The van der Waals surface area contributed by atoms with Crippen molar-refractivity contribution < 1.29 is 19.1 Å². The number of ether oxygens (including phenoxy) is 1. The fourth-order valence-electron chi connectivity index (χ4n) is 11.6. The summed E-state index contributed by atoms with van der Waals surface area (Å²) >= 11 is 0. The summed E-state index contributed by atoms with van der Waals surface area (Å²) in [7, 11) is 1.57. The first-order valence-electron chi connectivity index (χ1n) is 17.0. The van der Waals surface area contributed by atoms with Crippen molar-refractivity contribution in [1.29, 1.82) is 0 Å². The number of rotatable bonds is 5. The SMILES string of the molecule is COC(=O)[C@]12CCC(C)(C)CC1C1=CCC3[C@@]4(C)CC(C(=O)NCCC(C)C)C(=O)C(C)(C)C4CC[C@@]3(C)[C@]1(C)CC2. The highest BCUT2D eigenvalue weighted by atomic mass is 16.5. The maximum Gasteiger partial charge on any atom is 0.312 e. The monoisotopic (exact) mass is 581 g/mol. The zero-order chi connectivity index (χ0) is 31.1. The zero-order valence-corrected chi connectivity index (χ0v) is 28.4. The molecule has 236 valence electrons. The Morgan fingerprint density at radius 1 is 0.952 bits per heavy atom. The summed E-state index contributed by atoms with van der Waals surface area (Å²) in [5, 5.41) is 3.14. The van der Waals surface area contributed by atoms with Crippen LogP contribution in [0.2, 0.25) is 0 Å². The van der Waals surface area contributed by atoms with Gasteiger partial charge in [-0.05, 0) is 110 Å². The molecule has 4 unspecified atom stereocenters. The first-order chi connectivity index (χ1) is 19.4. The van der Waals surface area contributed by atoms with Gasteiger partial charge in [0.2, 0.25) is 5.91 Å². The van der Waals surface area contributed by atoms with Crippen LogP contribution in [0, 0.1) is 62.1 Å². The van der Waals surface area contributed by atoms with Gasteiger partial charge in [0.25, 0.3) is 0 Å². The van der Waals surface area contributed by atoms with Crippen molar-refractivity contribution in [2.75, 3.05) is 13.7 Å². The van der Waals surface area contributed by atoms with E-state index in [4.69, 9.17) is 4.74 Å². The van der Waals surface area contributed by atoms with Gasteiger partial charge in [0, 0.05) is 12.0 Å². The molecule has 0 aromatic carbocycles. The van der Waals surface area contributed by atoms with Crippen molar-refractivity contribution in [1.82, 2.24) is 5.32 Å². The molecule has 5 rings (SSSR count). The largest absolute Gasteiger partial charge is 0.469 e. The number of fused-ring (bicyclic) bond motifs is 7. The molecule has 8 atom stereocenters. The van der Waals surface area contributed by atoms with Crippen LogP contribution < -0.4 is 5.32 Å². The molecule has 4 saturated carbocycles. The van der Waals surface area contributed by atoms with E-state index in [1.165, 1.54) is 5.57 Å². The van der Waals surface area contributed by atoms with Crippen molar-refractivity contribution in [3.63, 3.8) is 0 Å². The van der Waals surface area contributed by atoms with Crippen molar-refractivity contribution >= 4 is 17.7 Å². The lowest BCUT2D eigenvalue weighted by molar-refractivity contribution is -0.196. The smallest absolute Gasteiger partial charge is 0.312 e. The van der Waals surface area contributed by atoms with Gasteiger partial charge in [-0.2, -0.15) is 0 Å². The summed E-state index contributed by atoms with van der Waals surface area (Å²) in [4.78, 5) is 41.0. The van der Waals surface area contributed by atoms with Gasteiger partial charge in [-0.3, -0.25) is 14.4 Å². The molecule has 5 nitrogen and oxygen atoms in total. The van der Waals surface area contributed by atoms with Crippen molar-refractivity contribution in [2.24, 2.45) is 62.1 Å². The summed E-state index contributed by atoms with van der Waals surface area (Å²) in [5.41, 5.74) is 0.700. The molecule has 42 heavy (non-hydrogen) atoms. The van der Waals surface area contributed by atoms with Crippen molar-refractivity contribution in [3.8, 4) is 0 Å². The van der Waals surface area contributed by atoms with E-state index in [0.29, 0.717) is 24.8 Å². The molecule has 0 spiro atoms. The number of methoxy groups -OCH3 is 1. The Balaban J connectivity index is 1.54. The van der Waals surface area contributed by atoms with Crippen LogP contribution in [0.15, 0.2) is 11.6 Å². The fraction of sp³-hybridized carbons (Fsp3) is 0.865.